The minimum absolute atomic E-state index is 0.0644. The Kier molecular flexibility index (Phi) is 3.32. The number of hydrogen-bond acceptors (Lipinski definition) is 3. The summed E-state index contributed by atoms with van der Waals surface area (Å²) in [5.41, 5.74) is 0.860. The minimum Gasteiger partial charge on any atom is -0.478 e. The van der Waals surface area contributed by atoms with Gasteiger partial charge < -0.3 is 15.0 Å². The van der Waals surface area contributed by atoms with E-state index in [1.807, 2.05) is 24.7 Å². The van der Waals surface area contributed by atoms with Crippen molar-refractivity contribution in [2.24, 2.45) is 7.05 Å². The fourth-order valence-electron chi connectivity index (χ4n) is 1.89. The van der Waals surface area contributed by atoms with Crippen molar-refractivity contribution in [3.8, 4) is 0 Å². The van der Waals surface area contributed by atoms with Crippen LogP contribution in [-0.4, -0.2) is 20.6 Å². The minimum atomic E-state index is -0.940. The highest BCUT2D eigenvalue weighted by Crippen LogP contribution is 2.21. The molecule has 0 aliphatic heterocycles. The van der Waals surface area contributed by atoms with Crippen molar-refractivity contribution in [1.82, 2.24) is 9.55 Å². The molecule has 94 valence electrons. The quantitative estimate of drug-likeness (QED) is 0.867. The number of para-hydroxylation sites is 1. The third-order valence-electron chi connectivity index (χ3n) is 2.78. The smallest absolute Gasteiger partial charge is 0.337 e. The zero-order valence-corrected chi connectivity index (χ0v) is 10.3. The SMILES string of the molecule is CC(Nc1ccccc1C(=O)O)c1nccn1C. The summed E-state index contributed by atoms with van der Waals surface area (Å²) in [7, 11) is 1.91. The van der Waals surface area contributed by atoms with E-state index in [1.54, 1.807) is 30.5 Å². The summed E-state index contributed by atoms with van der Waals surface area (Å²) in [6.07, 6.45) is 3.58. The van der Waals surface area contributed by atoms with Gasteiger partial charge in [-0.2, -0.15) is 0 Å². The molecule has 5 nitrogen and oxygen atoms in total. The van der Waals surface area contributed by atoms with Crippen molar-refractivity contribution in [2.45, 2.75) is 13.0 Å². The van der Waals surface area contributed by atoms with Crippen LogP contribution in [0.3, 0.4) is 0 Å². The van der Waals surface area contributed by atoms with E-state index in [4.69, 9.17) is 5.11 Å². The molecule has 0 amide bonds. The largest absolute Gasteiger partial charge is 0.478 e. The van der Waals surface area contributed by atoms with Gasteiger partial charge in [0.2, 0.25) is 0 Å². The number of rotatable bonds is 4. The number of aromatic carboxylic acids is 1. The van der Waals surface area contributed by atoms with Crippen LogP contribution in [0.4, 0.5) is 5.69 Å². The molecule has 18 heavy (non-hydrogen) atoms. The first-order valence-corrected chi connectivity index (χ1v) is 5.65. The molecule has 1 unspecified atom stereocenters. The maximum atomic E-state index is 11.1. The van der Waals surface area contributed by atoms with E-state index in [2.05, 4.69) is 10.3 Å². The molecule has 1 aromatic heterocycles. The van der Waals surface area contributed by atoms with Gasteiger partial charge in [-0.3, -0.25) is 0 Å². The summed E-state index contributed by atoms with van der Waals surface area (Å²) in [6, 6.07) is 6.78. The second-order valence-electron chi connectivity index (χ2n) is 4.11. The molecule has 0 radical (unpaired) electrons. The fraction of sp³-hybridized carbons (Fsp3) is 0.231. The monoisotopic (exact) mass is 245 g/mol. The lowest BCUT2D eigenvalue weighted by Gasteiger charge is -2.16. The molecule has 1 atom stereocenters. The highest BCUT2D eigenvalue weighted by molar-refractivity contribution is 5.94. The molecule has 0 spiro atoms. The van der Waals surface area contributed by atoms with Crippen molar-refractivity contribution in [2.75, 3.05) is 5.32 Å². The lowest BCUT2D eigenvalue weighted by molar-refractivity contribution is 0.0698. The lowest BCUT2D eigenvalue weighted by Crippen LogP contribution is -2.14. The van der Waals surface area contributed by atoms with Gasteiger partial charge in [0.05, 0.1) is 11.6 Å². The van der Waals surface area contributed by atoms with Crippen molar-refractivity contribution >= 4 is 11.7 Å². The Morgan fingerprint density at radius 2 is 2.17 bits per heavy atom. The summed E-state index contributed by atoms with van der Waals surface area (Å²) >= 11 is 0. The van der Waals surface area contributed by atoms with Crippen molar-refractivity contribution < 1.29 is 9.90 Å². The van der Waals surface area contributed by atoms with E-state index < -0.39 is 5.97 Å². The number of benzene rings is 1. The Balaban J connectivity index is 2.25. The highest BCUT2D eigenvalue weighted by Gasteiger charge is 2.14. The number of aryl methyl sites for hydroxylation is 1. The van der Waals surface area contributed by atoms with Crippen molar-refractivity contribution in [3.05, 3.63) is 48.0 Å². The highest BCUT2D eigenvalue weighted by atomic mass is 16.4. The molecule has 0 bridgehead atoms. The van der Waals surface area contributed by atoms with Gasteiger partial charge in [-0.25, -0.2) is 9.78 Å². The second kappa shape index (κ2) is 4.91. The van der Waals surface area contributed by atoms with Crippen LogP contribution in [0.15, 0.2) is 36.7 Å². The first-order valence-electron chi connectivity index (χ1n) is 5.65. The van der Waals surface area contributed by atoms with Gasteiger partial charge in [0.1, 0.15) is 5.82 Å². The van der Waals surface area contributed by atoms with Crippen LogP contribution in [0.1, 0.15) is 29.1 Å². The number of anilines is 1. The van der Waals surface area contributed by atoms with Crippen LogP contribution < -0.4 is 5.32 Å². The molecule has 0 aliphatic carbocycles. The first-order chi connectivity index (χ1) is 8.59. The molecule has 0 saturated heterocycles. The van der Waals surface area contributed by atoms with Gasteiger partial charge in [0, 0.05) is 25.1 Å². The third-order valence-corrected chi connectivity index (χ3v) is 2.78. The summed E-state index contributed by atoms with van der Waals surface area (Å²) in [5.74, 6) is -0.0830. The van der Waals surface area contributed by atoms with Gasteiger partial charge >= 0.3 is 5.97 Å². The molecule has 0 fully saturated rings. The molecule has 0 saturated carbocycles. The number of carboxylic acids is 1. The Morgan fingerprint density at radius 1 is 1.44 bits per heavy atom. The molecule has 0 aliphatic rings. The number of carbonyl (C=O) groups is 1. The number of nitrogens with one attached hydrogen (secondary N) is 1. The Hall–Kier alpha value is -2.30. The molecular formula is C13H15N3O2. The topological polar surface area (TPSA) is 67.2 Å². The maximum Gasteiger partial charge on any atom is 0.337 e. The first kappa shape index (κ1) is 12.2. The summed E-state index contributed by atoms with van der Waals surface area (Å²) in [4.78, 5) is 15.3. The molecule has 1 heterocycles. The molecule has 2 rings (SSSR count). The number of aromatic nitrogens is 2. The van der Waals surface area contributed by atoms with Crippen LogP contribution in [-0.2, 0) is 7.05 Å². The summed E-state index contributed by atoms with van der Waals surface area (Å²) in [5, 5.41) is 12.3. The molecule has 5 heteroatoms. The van der Waals surface area contributed by atoms with Crippen molar-refractivity contribution in [3.63, 3.8) is 0 Å². The van der Waals surface area contributed by atoms with E-state index in [-0.39, 0.29) is 11.6 Å². The Bertz CT molecular complexity index is 563. The zero-order chi connectivity index (χ0) is 13.1. The van der Waals surface area contributed by atoms with Gasteiger partial charge in [0.15, 0.2) is 0 Å². The van der Waals surface area contributed by atoms with Crippen LogP contribution in [0.25, 0.3) is 0 Å². The average Bonchev–Trinajstić information content (AvgIpc) is 2.76. The lowest BCUT2D eigenvalue weighted by atomic mass is 10.1. The Morgan fingerprint density at radius 3 is 2.78 bits per heavy atom. The van der Waals surface area contributed by atoms with Crippen LogP contribution in [0.5, 0.6) is 0 Å². The predicted octanol–water partition coefficient (Wildman–Crippen LogP) is 2.29. The fourth-order valence-corrected chi connectivity index (χ4v) is 1.89. The number of nitrogens with zero attached hydrogens (tertiary/aromatic N) is 2. The predicted molar refractivity (Wildman–Crippen MR) is 68.6 cm³/mol. The third kappa shape index (κ3) is 2.34. The molecule has 1 aromatic carbocycles. The standard InChI is InChI=1S/C13H15N3O2/c1-9(12-14-7-8-16(12)2)15-11-6-4-3-5-10(11)13(17)18/h3-9,15H,1-2H3,(H,17,18). The van der Waals surface area contributed by atoms with Gasteiger partial charge in [-0.05, 0) is 19.1 Å². The summed E-state index contributed by atoms with van der Waals surface area (Å²) in [6.45, 7) is 1.95. The van der Waals surface area contributed by atoms with E-state index in [0.29, 0.717) is 5.69 Å². The Labute approximate surface area is 105 Å². The van der Waals surface area contributed by atoms with Crippen LogP contribution >= 0.6 is 0 Å². The van der Waals surface area contributed by atoms with E-state index in [0.717, 1.165) is 5.82 Å². The molecule has 2 N–H and O–H groups in total. The van der Waals surface area contributed by atoms with Gasteiger partial charge in [-0.1, -0.05) is 12.1 Å². The summed E-state index contributed by atoms with van der Waals surface area (Å²) < 4.78 is 1.90. The van der Waals surface area contributed by atoms with Crippen molar-refractivity contribution in [1.29, 1.82) is 0 Å². The normalized spacial score (nSPS) is 12.1. The number of carboxylic acid groups (broad SMARTS) is 1. The number of imidazole rings is 1. The van der Waals surface area contributed by atoms with Crippen LogP contribution in [0, 0.1) is 0 Å². The van der Waals surface area contributed by atoms with E-state index >= 15 is 0 Å². The van der Waals surface area contributed by atoms with E-state index in [9.17, 15) is 4.79 Å². The average molecular weight is 245 g/mol. The number of hydrogen-bond donors (Lipinski definition) is 2. The molecular weight excluding hydrogens is 230 g/mol. The molecule has 2 aromatic rings. The maximum absolute atomic E-state index is 11.1. The van der Waals surface area contributed by atoms with Crippen LogP contribution in [0.2, 0.25) is 0 Å². The second-order valence-corrected chi connectivity index (χ2v) is 4.11. The van der Waals surface area contributed by atoms with Gasteiger partial charge in [0.25, 0.3) is 0 Å². The zero-order valence-electron chi connectivity index (χ0n) is 10.3. The van der Waals surface area contributed by atoms with Gasteiger partial charge in [-0.15, -0.1) is 0 Å². The van der Waals surface area contributed by atoms with E-state index in [1.165, 1.54) is 0 Å².